The number of rotatable bonds is 7. The molecule has 8 nitrogen and oxygen atoms in total. The topological polar surface area (TPSA) is 114 Å². The molecule has 2 aromatic rings. The normalized spacial score (nSPS) is 19.3. The van der Waals surface area contributed by atoms with Gasteiger partial charge in [0.15, 0.2) is 6.61 Å². The zero-order chi connectivity index (χ0) is 27.7. The smallest absolute Gasteiger partial charge is 0.389 e. The summed E-state index contributed by atoms with van der Waals surface area (Å²) in [5.74, 6) is -8.13. The monoisotopic (exact) mass is 538 g/mol. The number of carbonyl (C=O) groups excluding carboxylic acids is 3. The lowest BCUT2D eigenvalue weighted by Crippen LogP contribution is -2.52. The lowest BCUT2D eigenvalue weighted by Gasteiger charge is -2.27. The van der Waals surface area contributed by atoms with Crippen LogP contribution in [-0.4, -0.2) is 54.8 Å². The third-order valence-corrected chi connectivity index (χ3v) is 6.03. The SMILES string of the molecule is NC(=O)CC(CCC(F)(F)F)C(=O)NC1N=C(c2ccccc2)c2cccc3c2N(CC(F)(F)CO3)C1=O. The predicted octanol–water partition coefficient (Wildman–Crippen LogP) is 3.17. The molecular formula is C25H23F5N4O4. The number of hydrogen-bond acceptors (Lipinski definition) is 5. The van der Waals surface area contributed by atoms with Gasteiger partial charge in [0.2, 0.25) is 18.0 Å². The largest absolute Gasteiger partial charge is 0.485 e. The quantitative estimate of drug-likeness (QED) is 0.527. The van der Waals surface area contributed by atoms with Crippen molar-refractivity contribution in [3.8, 4) is 5.75 Å². The Morgan fingerprint density at radius 2 is 1.87 bits per heavy atom. The van der Waals surface area contributed by atoms with E-state index in [-0.39, 0.29) is 22.7 Å². The van der Waals surface area contributed by atoms with Gasteiger partial charge in [0, 0.05) is 29.9 Å². The molecule has 38 heavy (non-hydrogen) atoms. The molecule has 4 rings (SSSR count). The fraction of sp³-hybridized carbons (Fsp3) is 0.360. The number of ether oxygens (including phenoxy) is 1. The number of anilines is 1. The van der Waals surface area contributed by atoms with Crippen molar-refractivity contribution in [2.45, 2.75) is 37.5 Å². The fourth-order valence-corrected chi connectivity index (χ4v) is 4.32. The lowest BCUT2D eigenvalue weighted by atomic mass is 9.97. The average Bonchev–Trinajstić information content (AvgIpc) is 3.05. The molecule has 0 saturated heterocycles. The van der Waals surface area contributed by atoms with E-state index in [0.29, 0.717) is 5.56 Å². The molecule has 0 spiro atoms. The van der Waals surface area contributed by atoms with Crippen LogP contribution in [0.15, 0.2) is 53.5 Å². The molecule has 2 heterocycles. The van der Waals surface area contributed by atoms with E-state index in [1.807, 2.05) is 0 Å². The zero-order valence-electron chi connectivity index (χ0n) is 19.8. The number of amides is 3. The third-order valence-electron chi connectivity index (χ3n) is 6.03. The zero-order valence-corrected chi connectivity index (χ0v) is 19.8. The number of nitrogens with one attached hydrogen (secondary N) is 1. The molecule has 3 amide bonds. The van der Waals surface area contributed by atoms with Gasteiger partial charge in [-0.1, -0.05) is 42.5 Å². The van der Waals surface area contributed by atoms with Crippen LogP contribution in [-0.2, 0) is 14.4 Å². The van der Waals surface area contributed by atoms with Gasteiger partial charge >= 0.3 is 6.18 Å². The van der Waals surface area contributed by atoms with Gasteiger partial charge in [-0.05, 0) is 12.5 Å². The number of nitrogens with two attached hydrogens (primary N) is 1. The highest BCUT2D eigenvalue weighted by Crippen LogP contribution is 2.40. The Morgan fingerprint density at radius 3 is 2.53 bits per heavy atom. The second kappa shape index (κ2) is 10.4. The molecule has 13 heteroatoms. The number of alkyl halides is 5. The summed E-state index contributed by atoms with van der Waals surface area (Å²) in [6.45, 7) is -2.08. The molecule has 3 N–H and O–H groups in total. The second-order valence-corrected chi connectivity index (χ2v) is 9.00. The van der Waals surface area contributed by atoms with Gasteiger partial charge in [-0.25, -0.2) is 13.8 Å². The first-order valence-corrected chi connectivity index (χ1v) is 11.6. The summed E-state index contributed by atoms with van der Waals surface area (Å²) >= 11 is 0. The number of para-hydroxylation sites is 1. The number of carbonyl (C=O) groups is 3. The first-order valence-electron chi connectivity index (χ1n) is 11.6. The molecule has 0 saturated carbocycles. The Balaban J connectivity index is 1.78. The molecule has 2 aromatic carbocycles. The lowest BCUT2D eigenvalue weighted by molar-refractivity contribution is -0.143. The minimum Gasteiger partial charge on any atom is -0.485 e. The summed E-state index contributed by atoms with van der Waals surface area (Å²) in [6, 6.07) is 12.9. The van der Waals surface area contributed by atoms with Crippen molar-refractivity contribution < 1.29 is 41.1 Å². The van der Waals surface area contributed by atoms with Gasteiger partial charge in [-0.15, -0.1) is 0 Å². The predicted molar refractivity (Wildman–Crippen MR) is 126 cm³/mol. The van der Waals surface area contributed by atoms with Crippen LogP contribution in [0.25, 0.3) is 0 Å². The van der Waals surface area contributed by atoms with Gasteiger partial charge in [0.25, 0.3) is 11.8 Å². The second-order valence-electron chi connectivity index (χ2n) is 9.00. The molecule has 0 fully saturated rings. The van der Waals surface area contributed by atoms with Crippen molar-refractivity contribution in [3.05, 3.63) is 59.7 Å². The van der Waals surface area contributed by atoms with Crippen LogP contribution in [0.2, 0.25) is 0 Å². The molecule has 0 aromatic heterocycles. The van der Waals surface area contributed by atoms with Gasteiger partial charge in [0.05, 0.1) is 17.9 Å². The van der Waals surface area contributed by atoms with Crippen LogP contribution in [0.5, 0.6) is 5.75 Å². The van der Waals surface area contributed by atoms with Crippen LogP contribution in [0.3, 0.4) is 0 Å². The van der Waals surface area contributed by atoms with Crippen molar-refractivity contribution in [2.75, 3.05) is 18.1 Å². The summed E-state index contributed by atoms with van der Waals surface area (Å²) in [5.41, 5.74) is 6.08. The standard InChI is InChI=1S/C25H23F5N4O4/c26-24(27)12-34-20-16(7-4-8-17(20)38-13-24)19(14-5-2-1-3-6-14)32-21(23(34)37)33-22(36)15(11-18(31)35)9-10-25(28,29)30/h1-8,15,21H,9-13H2,(H2,31,35)(H,33,36). The molecule has 2 aliphatic heterocycles. The third kappa shape index (κ3) is 6.09. The van der Waals surface area contributed by atoms with Gasteiger partial charge in [-0.2, -0.15) is 13.2 Å². The summed E-state index contributed by atoms with van der Waals surface area (Å²) in [6.07, 6.45) is -9.25. The number of primary amides is 1. The van der Waals surface area contributed by atoms with Gasteiger partial charge in [-0.3, -0.25) is 19.3 Å². The van der Waals surface area contributed by atoms with Crippen molar-refractivity contribution in [3.63, 3.8) is 0 Å². The number of halogens is 5. The molecule has 0 radical (unpaired) electrons. The Bertz CT molecular complexity index is 1270. The Labute approximate surface area is 213 Å². The maximum Gasteiger partial charge on any atom is 0.389 e. The number of hydrogen-bond donors (Lipinski definition) is 2. The summed E-state index contributed by atoms with van der Waals surface area (Å²) in [7, 11) is 0. The van der Waals surface area contributed by atoms with E-state index >= 15 is 0 Å². The van der Waals surface area contributed by atoms with Crippen LogP contribution in [0, 0.1) is 5.92 Å². The van der Waals surface area contributed by atoms with Gasteiger partial charge in [0.1, 0.15) is 5.75 Å². The average molecular weight is 538 g/mol. The summed E-state index contributed by atoms with van der Waals surface area (Å²) < 4.78 is 73.0. The van der Waals surface area contributed by atoms with Crippen molar-refractivity contribution in [2.24, 2.45) is 16.6 Å². The first kappa shape index (κ1) is 27.0. The Kier molecular flexibility index (Phi) is 7.38. The summed E-state index contributed by atoms with van der Waals surface area (Å²) in [4.78, 5) is 43.2. The maximum absolute atomic E-state index is 14.6. The van der Waals surface area contributed by atoms with E-state index in [4.69, 9.17) is 10.5 Å². The molecule has 2 unspecified atom stereocenters. The van der Waals surface area contributed by atoms with E-state index in [9.17, 15) is 36.3 Å². The minimum atomic E-state index is -4.61. The maximum atomic E-state index is 14.6. The van der Waals surface area contributed by atoms with Crippen molar-refractivity contribution in [1.82, 2.24) is 5.32 Å². The molecule has 2 atom stereocenters. The van der Waals surface area contributed by atoms with Crippen LogP contribution in [0.4, 0.5) is 27.6 Å². The van der Waals surface area contributed by atoms with E-state index in [0.717, 1.165) is 4.90 Å². The van der Waals surface area contributed by atoms with Gasteiger partial charge < -0.3 is 15.8 Å². The molecule has 202 valence electrons. The number of aliphatic imine (C=N–C) groups is 1. The molecular weight excluding hydrogens is 515 g/mol. The van der Waals surface area contributed by atoms with Crippen LogP contribution >= 0.6 is 0 Å². The molecule has 0 bridgehead atoms. The highest BCUT2D eigenvalue weighted by atomic mass is 19.4. The van der Waals surface area contributed by atoms with E-state index in [1.54, 1.807) is 36.4 Å². The van der Waals surface area contributed by atoms with E-state index in [2.05, 4.69) is 10.3 Å². The Morgan fingerprint density at radius 1 is 1.16 bits per heavy atom. The summed E-state index contributed by atoms with van der Waals surface area (Å²) in [5, 5.41) is 2.26. The molecule has 0 aliphatic carbocycles. The first-order chi connectivity index (χ1) is 17.8. The van der Waals surface area contributed by atoms with Crippen molar-refractivity contribution >= 4 is 29.1 Å². The van der Waals surface area contributed by atoms with Crippen LogP contribution in [0.1, 0.15) is 30.4 Å². The fourth-order valence-electron chi connectivity index (χ4n) is 4.32. The van der Waals surface area contributed by atoms with E-state index < -0.39 is 74.3 Å². The minimum absolute atomic E-state index is 0.000384. The number of benzene rings is 2. The Hall–Kier alpha value is -4.03. The number of nitrogens with zero attached hydrogens (tertiary/aromatic N) is 2. The van der Waals surface area contributed by atoms with E-state index in [1.165, 1.54) is 12.1 Å². The molecule has 2 aliphatic rings. The highest BCUT2D eigenvalue weighted by Gasteiger charge is 2.44. The van der Waals surface area contributed by atoms with Crippen molar-refractivity contribution in [1.29, 1.82) is 0 Å². The van der Waals surface area contributed by atoms with Crippen LogP contribution < -0.4 is 20.7 Å². The highest BCUT2D eigenvalue weighted by molar-refractivity contribution is 6.21.